The summed E-state index contributed by atoms with van der Waals surface area (Å²) < 4.78 is 33.2. The summed E-state index contributed by atoms with van der Waals surface area (Å²) in [4.78, 5) is 19.4. The topological polar surface area (TPSA) is 96.6 Å². The SMILES string of the molecule is Cc1noc(C)c1S(=O)(=O)N1CCCC(N(Cc2cccnc2)C(=O)C2CCC2)C1. The van der Waals surface area contributed by atoms with E-state index in [1.165, 1.54) is 4.31 Å². The minimum absolute atomic E-state index is 0.0521. The summed E-state index contributed by atoms with van der Waals surface area (Å²) in [5.41, 5.74) is 1.32. The molecule has 2 aromatic rings. The van der Waals surface area contributed by atoms with Gasteiger partial charge in [-0.3, -0.25) is 9.78 Å². The van der Waals surface area contributed by atoms with Gasteiger partial charge in [0.15, 0.2) is 5.76 Å². The zero-order valence-electron chi connectivity index (χ0n) is 17.5. The molecule has 0 radical (unpaired) electrons. The Balaban J connectivity index is 1.59. The van der Waals surface area contributed by atoms with Crippen LogP contribution >= 0.6 is 0 Å². The van der Waals surface area contributed by atoms with Crippen molar-refractivity contribution in [1.82, 2.24) is 19.3 Å². The van der Waals surface area contributed by atoms with E-state index in [2.05, 4.69) is 10.1 Å². The van der Waals surface area contributed by atoms with Gasteiger partial charge in [0, 0.05) is 44.0 Å². The molecule has 1 aliphatic heterocycles. The zero-order valence-corrected chi connectivity index (χ0v) is 18.3. The third kappa shape index (κ3) is 4.00. The van der Waals surface area contributed by atoms with Crippen LogP contribution in [0, 0.1) is 19.8 Å². The van der Waals surface area contributed by atoms with Crippen molar-refractivity contribution in [3.05, 3.63) is 41.5 Å². The van der Waals surface area contributed by atoms with Gasteiger partial charge in [-0.15, -0.1) is 0 Å². The second-order valence-electron chi connectivity index (χ2n) is 8.27. The first-order valence-electron chi connectivity index (χ1n) is 10.5. The van der Waals surface area contributed by atoms with Crippen LogP contribution in [0.5, 0.6) is 0 Å². The molecule has 1 amide bonds. The van der Waals surface area contributed by atoms with Crippen LogP contribution in [0.1, 0.15) is 49.1 Å². The number of aromatic nitrogens is 2. The van der Waals surface area contributed by atoms with Gasteiger partial charge in [0.1, 0.15) is 10.6 Å². The van der Waals surface area contributed by atoms with Crippen molar-refractivity contribution >= 4 is 15.9 Å². The van der Waals surface area contributed by atoms with Gasteiger partial charge in [0.2, 0.25) is 15.9 Å². The maximum Gasteiger partial charge on any atom is 0.248 e. The highest BCUT2D eigenvalue weighted by molar-refractivity contribution is 7.89. The van der Waals surface area contributed by atoms with Crippen LogP contribution in [0.25, 0.3) is 0 Å². The van der Waals surface area contributed by atoms with Crippen LogP contribution < -0.4 is 0 Å². The third-order valence-electron chi connectivity index (χ3n) is 6.18. The number of pyridine rings is 1. The van der Waals surface area contributed by atoms with E-state index in [1.807, 2.05) is 17.0 Å². The first-order chi connectivity index (χ1) is 14.4. The summed E-state index contributed by atoms with van der Waals surface area (Å²) in [5, 5.41) is 3.81. The van der Waals surface area contributed by atoms with Gasteiger partial charge in [-0.1, -0.05) is 17.6 Å². The van der Waals surface area contributed by atoms with Crippen LogP contribution in [0.15, 0.2) is 33.9 Å². The molecule has 0 N–H and O–H groups in total. The average molecular weight is 433 g/mol. The molecule has 0 spiro atoms. The number of amides is 1. The Kier molecular flexibility index (Phi) is 5.92. The molecule has 2 fully saturated rings. The molecular weight excluding hydrogens is 404 g/mol. The van der Waals surface area contributed by atoms with Crippen LogP contribution in [-0.2, 0) is 21.4 Å². The fourth-order valence-electron chi connectivity index (χ4n) is 4.33. The van der Waals surface area contributed by atoms with Crippen molar-refractivity contribution in [3.8, 4) is 0 Å². The van der Waals surface area contributed by atoms with Crippen molar-refractivity contribution in [3.63, 3.8) is 0 Å². The predicted octanol–water partition coefficient (Wildman–Crippen LogP) is 2.67. The maximum absolute atomic E-state index is 13.3. The Morgan fingerprint density at radius 3 is 2.67 bits per heavy atom. The van der Waals surface area contributed by atoms with Gasteiger partial charge in [-0.05, 0) is 51.2 Å². The van der Waals surface area contributed by atoms with Gasteiger partial charge in [-0.2, -0.15) is 4.31 Å². The predicted molar refractivity (Wildman–Crippen MR) is 110 cm³/mol. The lowest BCUT2D eigenvalue weighted by molar-refractivity contribution is -0.142. The number of aryl methyl sites for hydroxylation is 2. The second-order valence-corrected chi connectivity index (χ2v) is 10.1. The van der Waals surface area contributed by atoms with Gasteiger partial charge in [0.25, 0.3) is 0 Å². The molecule has 2 aromatic heterocycles. The molecule has 30 heavy (non-hydrogen) atoms. The molecule has 9 heteroatoms. The Labute approximate surface area is 177 Å². The number of piperidine rings is 1. The standard InChI is InChI=1S/C21H28N4O4S/c1-15-20(16(2)29-23-15)30(27,28)24-11-5-9-19(14-24)25(21(26)18-7-3-8-18)13-17-6-4-10-22-12-17/h4,6,10,12,18-19H,3,5,7-9,11,13-14H2,1-2H3. The van der Waals surface area contributed by atoms with Gasteiger partial charge in [0.05, 0.1) is 0 Å². The first kappa shape index (κ1) is 21.0. The molecule has 162 valence electrons. The summed E-state index contributed by atoms with van der Waals surface area (Å²) in [5.74, 6) is 0.482. The molecule has 1 aliphatic carbocycles. The summed E-state index contributed by atoms with van der Waals surface area (Å²) in [6.45, 7) is 4.42. The number of nitrogens with zero attached hydrogens (tertiary/aromatic N) is 4. The van der Waals surface area contributed by atoms with E-state index in [4.69, 9.17) is 4.52 Å². The minimum atomic E-state index is -3.73. The highest BCUT2D eigenvalue weighted by Gasteiger charge is 2.39. The lowest BCUT2D eigenvalue weighted by Crippen LogP contribution is -2.53. The first-order valence-corrected chi connectivity index (χ1v) is 11.9. The van der Waals surface area contributed by atoms with Crippen LogP contribution in [0.4, 0.5) is 0 Å². The molecule has 3 heterocycles. The van der Waals surface area contributed by atoms with Crippen molar-refractivity contribution < 1.29 is 17.7 Å². The number of rotatable bonds is 6. The molecule has 8 nitrogen and oxygen atoms in total. The van der Waals surface area contributed by atoms with Crippen molar-refractivity contribution in [1.29, 1.82) is 0 Å². The lowest BCUT2D eigenvalue weighted by Gasteiger charge is -2.41. The summed E-state index contributed by atoms with van der Waals surface area (Å²) in [6.07, 6.45) is 7.87. The largest absolute Gasteiger partial charge is 0.360 e. The number of carbonyl (C=O) groups is 1. The molecule has 1 saturated heterocycles. The van der Waals surface area contributed by atoms with E-state index in [-0.39, 0.29) is 29.3 Å². The van der Waals surface area contributed by atoms with E-state index in [9.17, 15) is 13.2 Å². The Morgan fingerprint density at radius 1 is 1.27 bits per heavy atom. The van der Waals surface area contributed by atoms with Crippen LogP contribution in [0.3, 0.4) is 0 Å². The van der Waals surface area contributed by atoms with E-state index in [1.54, 1.807) is 26.2 Å². The smallest absolute Gasteiger partial charge is 0.248 e. The molecule has 2 aliphatic rings. The molecule has 4 rings (SSSR count). The van der Waals surface area contributed by atoms with Gasteiger partial charge in [-0.25, -0.2) is 8.42 Å². The normalized spacial score (nSPS) is 20.7. The van der Waals surface area contributed by atoms with E-state index in [0.29, 0.717) is 31.0 Å². The minimum Gasteiger partial charge on any atom is -0.360 e. The Morgan fingerprint density at radius 2 is 2.07 bits per heavy atom. The van der Waals surface area contributed by atoms with Crippen LogP contribution in [-0.4, -0.2) is 52.8 Å². The second kappa shape index (κ2) is 8.47. The van der Waals surface area contributed by atoms with E-state index in [0.717, 1.165) is 31.2 Å². The lowest BCUT2D eigenvalue weighted by atomic mass is 9.83. The van der Waals surface area contributed by atoms with Crippen molar-refractivity contribution in [2.24, 2.45) is 5.92 Å². The fourth-order valence-corrected chi connectivity index (χ4v) is 6.14. The summed E-state index contributed by atoms with van der Waals surface area (Å²) in [7, 11) is -3.73. The molecule has 1 atom stereocenters. The molecule has 1 unspecified atom stereocenters. The summed E-state index contributed by atoms with van der Waals surface area (Å²) >= 11 is 0. The highest BCUT2D eigenvalue weighted by atomic mass is 32.2. The fraction of sp³-hybridized carbons (Fsp3) is 0.571. The quantitative estimate of drug-likeness (QED) is 0.696. The van der Waals surface area contributed by atoms with E-state index < -0.39 is 10.0 Å². The molecule has 0 aromatic carbocycles. The molecule has 0 bridgehead atoms. The van der Waals surface area contributed by atoms with E-state index >= 15 is 0 Å². The Hall–Kier alpha value is -2.26. The molecule has 1 saturated carbocycles. The number of hydrogen-bond acceptors (Lipinski definition) is 6. The third-order valence-corrected chi connectivity index (χ3v) is 8.29. The monoisotopic (exact) mass is 432 g/mol. The van der Waals surface area contributed by atoms with Crippen molar-refractivity contribution in [2.45, 2.75) is 63.4 Å². The summed E-state index contributed by atoms with van der Waals surface area (Å²) in [6, 6.07) is 3.65. The number of carbonyl (C=O) groups excluding carboxylic acids is 1. The maximum atomic E-state index is 13.3. The van der Waals surface area contributed by atoms with Gasteiger partial charge >= 0.3 is 0 Å². The average Bonchev–Trinajstić information content (AvgIpc) is 3.04. The zero-order chi connectivity index (χ0) is 21.3. The number of hydrogen-bond donors (Lipinski definition) is 0. The van der Waals surface area contributed by atoms with Crippen LogP contribution in [0.2, 0.25) is 0 Å². The Bertz CT molecular complexity index is 982. The highest BCUT2D eigenvalue weighted by Crippen LogP contribution is 2.32. The molecular formula is C21H28N4O4S. The van der Waals surface area contributed by atoms with Gasteiger partial charge < -0.3 is 9.42 Å². The number of sulfonamides is 1. The van der Waals surface area contributed by atoms with Crippen molar-refractivity contribution in [2.75, 3.05) is 13.1 Å².